The van der Waals surface area contributed by atoms with Gasteiger partial charge in [0.2, 0.25) is 0 Å². The molecule has 3 rings (SSSR count). The summed E-state index contributed by atoms with van der Waals surface area (Å²) in [5.74, 6) is -0.501. The first-order chi connectivity index (χ1) is 12.1. The van der Waals surface area contributed by atoms with E-state index in [4.69, 9.17) is 4.74 Å². The van der Waals surface area contributed by atoms with Crippen LogP contribution in [-0.2, 0) is 4.74 Å². The molecule has 0 bridgehead atoms. The summed E-state index contributed by atoms with van der Waals surface area (Å²) in [6.07, 6.45) is 8.77. The first-order valence-electron chi connectivity index (χ1n) is 8.46. The molecule has 7 heteroatoms. The number of carboxylic acid groups (broad SMARTS) is 1. The van der Waals surface area contributed by atoms with E-state index in [9.17, 15) is 9.90 Å². The fourth-order valence-electron chi connectivity index (χ4n) is 2.95. The number of carboxylic acids is 1. The Morgan fingerprint density at radius 1 is 1.36 bits per heavy atom. The highest BCUT2D eigenvalue weighted by molar-refractivity contribution is 5.88. The molecule has 0 amide bonds. The van der Waals surface area contributed by atoms with Crippen LogP contribution in [-0.4, -0.2) is 44.0 Å². The molecule has 25 heavy (non-hydrogen) atoms. The number of nitrogens with zero attached hydrogens (tertiary/aromatic N) is 4. The normalized spacial score (nSPS) is 16.0. The van der Waals surface area contributed by atoms with Crippen LogP contribution in [0, 0.1) is 0 Å². The molecule has 1 aliphatic rings. The van der Waals surface area contributed by atoms with Crippen molar-refractivity contribution in [1.82, 2.24) is 19.7 Å². The second-order valence-corrected chi connectivity index (χ2v) is 6.36. The van der Waals surface area contributed by atoms with Gasteiger partial charge < -0.3 is 9.84 Å². The summed E-state index contributed by atoms with van der Waals surface area (Å²) in [5, 5.41) is 13.7. The van der Waals surface area contributed by atoms with E-state index in [1.807, 2.05) is 30.7 Å². The summed E-state index contributed by atoms with van der Waals surface area (Å²) in [7, 11) is 0. The zero-order chi connectivity index (χ0) is 17.8. The molecule has 0 aliphatic carbocycles. The van der Waals surface area contributed by atoms with Gasteiger partial charge in [0.1, 0.15) is 0 Å². The molecule has 0 aromatic carbocycles. The molecule has 2 aromatic heterocycles. The number of aromatic nitrogens is 4. The summed E-state index contributed by atoms with van der Waals surface area (Å²) in [6, 6.07) is 2.28. The molecule has 3 heterocycles. The van der Waals surface area contributed by atoms with Crippen LogP contribution in [0.4, 0.5) is 0 Å². The number of aromatic carboxylic acids is 1. The Morgan fingerprint density at radius 2 is 2.12 bits per heavy atom. The van der Waals surface area contributed by atoms with Crippen LogP contribution in [0.3, 0.4) is 0 Å². The van der Waals surface area contributed by atoms with Gasteiger partial charge >= 0.3 is 5.97 Å². The van der Waals surface area contributed by atoms with Gasteiger partial charge in [-0.1, -0.05) is 13.8 Å². The van der Waals surface area contributed by atoms with Crippen LogP contribution in [0.25, 0.3) is 12.2 Å². The highest BCUT2D eigenvalue weighted by atomic mass is 16.5. The lowest BCUT2D eigenvalue weighted by molar-refractivity contribution is 0.0660. The van der Waals surface area contributed by atoms with Crippen molar-refractivity contribution in [2.45, 2.75) is 38.6 Å². The number of hydrogen-bond acceptors (Lipinski definition) is 5. The van der Waals surface area contributed by atoms with Crippen molar-refractivity contribution in [3.8, 4) is 0 Å². The third-order valence-electron chi connectivity index (χ3n) is 4.25. The average Bonchev–Trinajstić information content (AvgIpc) is 3.09. The minimum absolute atomic E-state index is 0.00835. The Labute approximate surface area is 146 Å². The Balaban J connectivity index is 1.84. The second kappa shape index (κ2) is 7.57. The van der Waals surface area contributed by atoms with Crippen molar-refractivity contribution >= 4 is 18.1 Å². The van der Waals surface area contributed by atoms with Gasteiger partial charge in [-0.3, -0.25) is 4.68 Å². The number of rotatable bonds is 5. The zero-order valence-electron chi connectivity index (χ0n) is 14.4. The first-order valence-corrected chi connectivity index (χ1v) is 8.46. The van der Waals surface area contributed by atoms with Gasteiger partial charge in [-0.25, -0.2) is 14.8 Å². The molecular formula is C18H22N4O3. The third-order valence-corrected chi connectivity index (χ3v) is 4.25. The quantitative estimate of drug-likeness (QED) is 0.898. The standard InChI is InChI=1S/C18H22N4O3/c1-12(2)17-15(18(23)24)11-19-16(21-17)4-3-13-5-8-20-22(13)14-6-9-25-10-7-14/h3-5,8,11-12,14H,6-7,9-10H2,1-2H3,(H,23,24)/b4-3+. The lowest BCUT2D eigenvalue weighted by atomic mass is 10.1. The first kappa shape index (κ1) is 17.3. The summed E-state index contributed by atoms with van der Waals surface area (Å²) in [6.45, 7) is 5.35. The van der Waals surface area contributed by atoms with E-state index in [1.165, 1.54) is 6.20 Å². The lowest BCUT2D eigenvalue weighted by Gasteiger charge is -2.23. The van der Waals surface area contributed by atoms with E-state index >= 15 is 0 Å². The van der Waals surface area contributed by atoms with Crippen molar-refractivity contribution in [3.63, 3.8) is 0 Å². The molecule has 132 valence electrons. The van der Waals surface area contributed by atoms with Crippen molar-refractivity contribution in [2.24, 2.45) is 0 Å². The smallest absolute Gasteiger partial charge is 0.339 e. The van der Waals surface area contributed by atoms with Crippen LogP contribution in [0.5, 0.6) is 0 Å². The van der Waals surface area contributed by atoms with Gasteiger partial charge in [0.05, 0.1) is 23.0 Å². The van der Waals surface area contributed by atoms with Crippen molar-refractivity contribution in [1.29, 1.82) is 0 Å². The SMILES string of the molecule is CC(C)c1nc(/C=C/c2ccnn2C2CCOCC2)ncc1C(=O)O. The van der Waals surface area contributed by atoms with E-state index in [0.717, 1.165) is 31.7 Å². The molecule has 1 saturated heterocycles. The monoisotopic (exact) mass is 342 g/mol. The van der Waals surface area contributed by atoms with Crippen LogP contribution in [0.1, 0.15) is 66.2 Å². The molecular weight excluding hydrogens is 320 g/mol. The van der Waals surface area contributed by atoms with Crippen LogP contribution in [0.15, 0.2) is 18.5 Å². The van der Waals surface area contributed by atoms with Crippen molar-refractivity contribution in [3.05, 3.63) is 41.2 Å². The highest BCUT2D eigenvalue weighted by Gasteiger charge is 2.18. The third kappa shape index (κ3) is 3.93. The summed E-state index contributed by atoms with van der Waals surface area (Å²) >= 11 is 0. The predicted molar refractivity (Wildman–Crippen MR) is 93.3 cm³/mol. The number of ether oxygens (including phenoxy) is 1. The minimum atomic E-state index is -1.00. The Kier molecular flexibility index (Phi) is 5.23. The molecule has 0 unspecified atom stereocenters. The van der Waals surface area contributed by atoms with E-state index in [2.05, 4.69) is 15.1 Å². The fourth-order valence-corrected chi connectivity index (χ4v) is 2.95. The molecule has 0 saturated carbocycles. The molecule has 0 spiro atoms. The van der Waals surface area contributed by atoms with Crippen LogP contribution < -0.4 is 0 Å². The second-order valence-electron chi connectivity index (χ2n) is 6.36. The van der Waals surface area contributed by atoms with Gasteiger partial charge in [-0.2, -0.15) is 5.10 Å². The fraction of sp³-hybridized carbons (Fsp3) is 0.444. The van der Waals surface area contributed by atoms with Crippen LogP contribution in [0.2, 0.25) is 0 Å². The van der Waals surface area contributed by atoms with Gasteiger partial charge in [0.15, 0.2) is 5.82 Å². The molecule has 7 nitrogen and oxygen atoms in total. The molecule has 1 fully saturated rings. The summed E-state index contributed by atoms with van der Waals surface area (Å²) < 4.78 is 7.41. The summed E-state index contributed by atoms with van der Waals surface area (Å²) in [5.41, 5.74) is 1.67. The maximum absolute atomic E-state index is 11.3. The maximum Gasteiger partial charge on any atom is 0.339 e. The van der Waals surface area contributed by atoms with Gasteiger partial charge in [-0.15, -0.1) is 0 Å². The molecule has 2 aromatic rings. The van der Waals surface area contributed by atoms with Gasteiger partial charge in [0, 0.05) is 25.6 Å². The maximum atomic E-state index is 11.3. The average molecular weight is 342 g/mol. The number of hydrogen-bond donors (Lipinski definition) is 1. The van der Waals surface area contributed by atoms with E-state index in [1.54, 1.807) is 12.3 Å². The Morgan fingerprint density at radius 3 is 2.80 bits per heavy atom. The molecule has 1 aliphatic heterocycles. The number of carbonyl (C=O) groups is 1. The van der Waals surface area contributed by atoms with Crippen LogP contribution >= 0.6 is 0 Å². The van der Waals surface area contributed by atoms with Crippen molar-refractivity contribution in [2.75, 3.05) is 13.2 Å². The van der Waals surface area contributed by atoms with E-state index in [-0.39, 0.29) is 11.5 Å². The van der Waals surface area contributed by atoms with Gasteiger partial charge in [-0.05, 0) is 37.0 Å². The topological polar surface area (TPSA) is 90.1 Å². The molecule has 0 atom stereocenters. The van der Waals surface area contributed by atoms with E-state index < -0.39 is 5.97 Å². The van der Waals surface area contributed by atoms with Crippen molar-refractivity contribution < 1.29 is 14.6 Å². The highest BCUT2D eigenvalue weighted by Crippen LogP contribution is 2.23. The molecule has 1 N–H and O–H groups in total. The molecule has 0 radical (unpaired) electrons. The largest absolute Gasteiger partial charge is 0.478 e. The summed E-state index contributed by atoms with van der Waals surface area (Å²) in [4.78, 5) is 19.8. The lowest BCUT2D eigenvalue weighted by Crippen LogP contribution is -2.21. The predicted octanol–water partition coefficient (Wildman–Crippen LogP) is 3.02. The minimum Gasteiger partial charge on any atom is -0.478 e. The van der Waals surface area contributed by atoms with E-state index in [0.29, 0.717) is 17.6 Å². The zero-order valence-corrected chi connectivity index (χ0v) is 14.4. The van der Waals surface area contributed by atoms with Gasteiger partial charge in [0.25, 0.3) is 0 Å². The Hall–Kier alpha value is -2.54. The Bertz CT molecular complexity index is 776.